The Hall–Kier alpha value is -1.06. The summed E-state index contributed by atoms with van der Waals surface area (Å²) in [5.74, 6) is 0.218. The lowest BCUT2D eigenvalue weighted by molar-refractivity contribution is -0.0449. The number of fused-ring (bicyclic) bond motifs is 1. The predicted molar refractivity (Wildman–Crippen MR) is 76.0 cm³/mol. The van der Waals surface area contributed by atoms with Crippen molar-refractivity contribution in [3.63, 3.8) is 0 Å². The number of hydrogen-bond donors (Lipinski definition) is 0. The highest BCUT2D eigenvalue weighted by Gasteiger charge is 2.62. The highest BCUT2D eigenvalue weighted by atomic mass is 16.6. The standard InChI is InChI=1S/C15H26N2O2/c1-9-10(13(2,3)4)16-17-11(9)15(8,14(5,6)7)19-12(17)18/h9,11H,1-8H3/t9?,11?,15-/m0/s1. The molecular weight excluding hydrogens is 240 g/mol. The van der Waals surface area contributed by atoms with Gasteiger partial charge in [0, 0.05) is 22.5 Å². The lowest BCUT2D eigenvalue weighted by Gasteiger charge is -2.41. The molecule has 0 spiro atoms. The molecule has 2 unspecified atom stereocenters. The smallest absolute Gasteiger partial charge is 0.431 e. The second kappa shape index (κ2) is 3.74. The van der Waals surface area contributed by atoms with E-state index in [9.17, 15) is 4.79 Å². The van der Waals surface area contributed by atoms with Gasteiger partial charge in [-0.1, -0.05) is 48.5 Å². The number of nitrogens with zero attached hydrogens (tertiary/aromatic N) is 2. The molecule has 0 aromatic rings. The first-order valence-corrected chi connectivity index (χ1v) is 7.01. The number of carbonyl (C=O) groups excluding carboxylic acids is 1. The molecule has 0 bridgehead atoms. The molecule has 0 saturated carbocycles. The minimum Gasteiger partial charge on any atom is -0.439 e. The van der Waals surface area contributed by atoms with Gasteiger partial charge in [0.15, 0.2) is 0 Å². The fourth-order valence-corrected chi connectivity index (χ4v) is 3.21. The van der Waals surface area contributed by atoms with E-state index in [0.29, 0.717) is 0 Å². The molecule has 2 heterocycles. The maximum absolute atomic E-state index is 12.1. The van der Waals surface area contributed by atoms with Crippen molar-refractivity contribution in [1.82, 2.24) is 5.01 Å². The summed E-state index contributed by atoms with van der Waals surface area (Å²) in [4.78, 5) is 12.1. The fourth-order valence-electron chi connectivity index (χ4n) is 3.21. The van der Waals surface area contributed by atoms with Crippen LogP contribution in [-0.4, -0.2) is 28.5 Å². The highest BCUT2D eigenvalue weighted by Crippen LogP contribution is 2.49. The Kier molecular flexibility index (Phi) is 2.82. The molecule has 1 amide bonds. The summed E-state index contributed by atoms with van der Waals surface area (Å²) in [5.41, 5.74) is 0.423. The van der Waals surface area contributed by atoms with Crippen LogP contribution in [0.3, 0.4) is 0 Å². The number of hydrogen-bond acceptors (Lipinski definition) is 3. The zero-order chi connectivity index (χ0) is 14.8. The van der Waals surface area contributed by atoms with Crippen LogP contribution >= 0.6 is 0 Å². The Morgan fingerprint density at radius 3 is 2.16 bits per heavy atom. The Morgan fingerprint density at radius 1 is 1.21 bits per heavy atom. The van der Waals surface area contributed by atoms with E-state index in [2.05, 4.69) is 53.6 Å². The molecule has 2 aliphatic heterocycles. The van der Waals surface area contributed by atoms with Crippen molar-refractivity contribution >= 4 is 11.8 Å². The lowest BCUT2D eigenvalue weighted by Crippen LogP contribution is -2.53. The molecule has 108 valence electrons. The fraction of sp³-hybridized carbons (Fsp3) is 0.867. The van der Waals surface area contributed by atoms with E-state index in [-0.39, 0.29) is 28.9 Å². The summed E-state index contributed by atoms with van der Waals surface area (Å²) in [6.07, 6.45) is -0.312. The van der Waals surface area contributed by atoms with Crippen LogP contribution in [0, 0.1) is 16.7 Å². The molecule has 4 nitrogen and oxygen atoms in total. The van der Waals surface area contributed by atoms with Gasteiger partial charge in [-0.15, -0.1) is 0 Å². The van der Waals surface area contributed by atoms with Crippen molar-refractivity contribution in [3.05, 3.63) is 0 Å². The molecule has 4 heteroatoms. The van der Waals surface area contributed by atoms with Crippen LogP contribution < -0.4 is 0 Å². The van der Waals surface area contributed by atoms with Crippen LogP contribution in [0.5, 0.6) is 0 Å². The third-order valence-corrected chi connectivity index (χ3v) is 4.69. The van der Waals surface area contributed by atoms with Gasteiger partial charge in [-0.3, -0.25) is 0 Å². The van der Waals surface area contributed by atoms with Crippen molar-refractivity contribution in [2.24, 2.45) is 21.8 Å². The number of rotatable bonds is 0. The number of cyclic esters (lactones) is 1. The summed E-state index contributed by atoms with van der Waals surface area (Å²) in [6.45, 7) is 17.0. The van der Waals surface area contributed by atoms with Gasteiger partial charge in [-0.05, 0) is 6.92 Å². The Balaban J connectivity index is 2.46. The van der Waals surface area contributed by atoms with Gasteiger partial charge in [-0.25, -0.2) is 4.79 Å². The van der Waals surface area contributed by atoms with Crippen molar-refractivity contribution < 1.29 is 9.53 Å². The molecule has 0 aromatic heterocycles. The van der Waals surface area contributed by atoms with Crippen LogP contribution in [0.4, 0.5) is 4.79 Å². The minimum atomic E-state index is -0.514. The van der Waals surface area contributed by atoms with Crippen molar-refractivity contribution in [1.29, 1.82) is 0 Å². The zero-order valence-electron chi connectivity index (χ0n) is 13.4. The molecule has 1 fully saturated rings. The molecule has 0 N–H and O–H groups in total. The van der Waals surface area contributed by atoms with Gasteiger partial charge in [0.2, 0.25) is 0 Å². The molecule has 0 aliphatic carbocycles. The van der Waals surface area contributed by atoms with Crippen molar-refractivity contribution in [2.75, 3.05) is 0 Å². The third kappa shape index (κ3) is 1.87. The highest BCUT2D eigenvalue weighted by molar-refractivity contribution is 5.95. The van der Waals surface area contributed by atoms with Gasteiger partial charge >= 0.3 is 6.09 Å². The van der Waals surface area contributed by atoms with Crippen LogP contribution in [-0.2, 0) is 4.74 Å². The second-order valence-electron chi connectivity index (χ2n) is 8.04. The van der Waals surface area contributed by atoms with Crippen molar-refractivity contribution in [2.45, 2.75) is 67.0 Å². The molecule has 19 heavy (non-hydrogen) atoms. The Labute approximate surface area is 116 Å². The van der Waals surface area contributed by atoms with E-state index in [1.54, 1.807) is 5.01 Å². The Morgan fingerprint density at radius 2 is 1.74 bits per heavy atom. The van der Waals surface area contributed by atoms with Crippen LogP contribution in [0.15, 0.2) is 5.10 Å². The number of carbonyl (C=O) groups is 1. The normalized spacial score (nSPS) is 35.3. The lowest BCUT2D eigenvalue weighted by atomic mass is 9.68. The Bertz CT molecular complexity index is 442. The minimum absolute atomic E-state index is 0.00535. The predicted octanol–water partition coefficient (Wildman–Crippen LogP) is 3.66. The van der Waals surface area contributed by atoms with Crippen LogP contribution in [0.1, 0.15) is 55.4 Å². The van der Waals surface area contributed by atoms with E-state index in [0.717, 1.165) is 5.71 Å². The van der Waals surface area contributed by atoms with E-state index in [1.165, 1.54) is 0 Å². The van der Waals surface area contributed by atoms with Crippen LogP contribution in [0.2, 0.25) is 0 Å². The summed E-state index contributed by atoms with van der Waals surface area (Å²) in [7, 11) is 0. The molecule has 1 saturated heterocycles. The van der Waals surface area contributed by atoms with Gasteiger partial charge in [0.1, 0.15) is 11.6 Å². The van der Waals surface area contributed by atoms with E-state index in [4.69, 9.17) is 4.74 Å². The SMILES string of the molecule is CC1C(C(C)(C)C)=NN2C(=O)O[C@](C)(C(C)(C)C)C12. The van der Waals surface area contributed by atoms with E-state index >= 15 is 0 Å². The molecule has 2 rings (SSSR count). The monoisotopic (exact) mass is 266 g/mol. The first kappa shape index (κ1) is 14.4. The zero-order valence-corrected chi connectivity index (χ0v) is 13.4. The second-order valence-corrected chi connectivity index (χ2v) is 8.04. The largest absolute Gasteiger partial charge is 0.439 e. The van der Waals surface area contributed by atoms with E-state index in [1.807, 2.05) is 6.92 Å². The van der Waals surface area contributed by atoms with Crippen LogP contribution in [0.25, 0.3) is 0 Å². The van der Waals surface area contributed by atoms with Gasteiger partial charge in [0.05, 0.1) is 0 Å². The summed E-state index contributed by atoms with van der Waals surface area (Å²) < 4.78 is 5.69. The maximum atomic E-state index is 12.1. The molecule has 0 radical (unpaired) electrons. The average Bonchev–Trinajstić information content (AvgIpc) is 2.64. The summed E-state index contributed by atoms with van der Waals surface area (Å²) in [6, 6.07) is -0.00535. The first-order chi connectivity index (χ1) is 8.39. The number of ether oxygens (including phenoxy) is 1. The summed E-state index contributed by atoms with van der Waals surface area (Å²) in [5, 5.41) is 6.13. The third-order valence-electron chi connectivity index (χ3n) is 4.69. The summed E-state index contributed by atoms with van der Waals surface area (Å²) >= 11 is 0. The quantitative estimate of drug-likeness (QED) is 0.671. The first-order valence-electron chi connectivity index (χ1n) is 7.01. The molecule has 3 atom stereocenters. The number of amides is 1. The van der Waals surface area contributed by atoms with Gasteiger partial charge in [-0.2, -0.15) is 10.1 Å². The van der Waals surface area contributed by atoms with Gasteiger partial charge < -0.3 is 4.74 Å². The molecular formula is C15H26N2O2. The number of hydrazone groups is 1. The maximum Gasteiger partial charge on any atom is 0.431 e. The van der Waals surface area contributed by atoms with E-state index < -0.39 is 5.60 Å². The average molecular weight is 266 g/mol. The molecule has 0 aromatic carbocycles. The molecule has 2 aliphatic rings. The van der Waals surface area contributed by atoms with Gasteiger partial charge in [0.25, 0.3) is 0 Å². The topological polar surface area (TPSA) is 41.9 Å². The van der Waals surface area contributed by atoms with Crippen molar-refractivity contribution in [3.8, 4) is 0 Å².